The minimum Gasteiger partial charge on any atom is -0.490 e. The van der Waals surface area contributed by atoms with Crippen LogP contribution >= 0.6 is 0 Å². The molecule has 0 spiro atoms. The summed E-state index contributed by atoms with van der Waals surface area (Å²) in [4.78, 5) is 13.0. The van der Waals surface area contributed by atoms with Gasteiger partial charge in [0.1, 0.15) is 5.75 Å². The van der Waals surface area contributed by atoms with Crippen molar-refractivity contribution in [3.63, 3.8) is 0 Å². The summed E-state index contributed by atoms with van der Waals surface area (Å²) in [5.74, 6) is -1.64. The van der Waals surface area contributed by atoms with Gasteiger partial charge in [0.2, 0.25) is 0 Å². The van der Waals surface area contributed by atoms with Crippen molar-refractivity contribution in [2.75, 3.05) is 11.4 Å². The Labute approximate surface area is 174 Å². The number of hydrogen-bond donors (Lipinski definition) is 1. The number of halogens is 2. The maximum atomic E-state index is 14.6. The van der Waals surface area contributed by atoms with Crippen LogP contribution in [0.15, 0.2) is 30.3 Å². The molecule has 0 amide bonds. The SMILES string of the molecule is CC1CC(Oc2cc(F)c(F)c(N3CCc4cc([C@H]5C[C@@H]5C(=O)O)ccc4C3)c2)C1. The lowest BCUT2D eigenvalue weighted by Gasteiger charge is -2.34. The van der Waals surface area contributed by atoms with Crippen molar-refractivity contribution in [1.82, 2.24) is 0 Å². The molecule has 4 nitrogen and oxygen atoms in total. The van der Waals surface area contributed by atoms with Gasteiger partial charge in [-0.05, 0) is 54.2 Å². The monoisotopic (exact) mass is 413 g/mol. The first kappa shape index (κ1) is 19.3. The molecule has 5 rings (SSSR count). The van der Waals surface area contributed by atoms with E-state index >= 15 is 0 Å². The highest BCUT2D eigenvalue weighted by molar-refractivity contribution is 5.75. The Morgan fingerprint density at radius 3 is 2.63 bits per heavy atom. The lowest BCUT2D eigenvalue weighted by atomic mass is 9.84. The van der Waals surface area contributed by atoms with Gasteiger partial charge in [0.05, 0.1) is 17.7 Å². The predicted molar refractivity (Wildman–Crippen MR) is 109 cm³/mol. The van der Waals surface area contributed by atoms with Gasteiger partial charge >= 0.3 is 5.97 Å². The van der Waals surface area contributed by atoms with Crippen molar-refractivity contribution < 1.29 is 23.4 Å². The van der Waals surface area contributed by atoms with E-state index in [1.54, 1.807) is 6.07 Å². The van der Waals surface area contributed by atoms with Crippen LogP contribution in [0.1, 0.15) is 48.8 Å². The Hall–Kier alpha value is -2.63. The average molecular weight is 413 g/mol. The van der Waals surface area contributed by atoms with Gasteiger partial charge in [-0.25, -0.2) is 8.78 Å². The fourth-order valence-corrected chi connectivity index (χ4v) is 4.81. The molecule has 3 aliphatic rings. The molecule has 2 fully saturated rings. The molecular formula is C24H25F2NO3. The fraction of sp³-hybridized carbons (Fsp3) is 0.458. The second-order valence-electron chi connectivity index (χ2n) is 9.04. The number of carbonyl (C=O) groups is 1. The van der Waals surface area contributed by atoms with E-state index in [-0.39, 0.29) is 23.6 Å². The Bertz CT molecular complexity index is 1000. The van der Waals surface area contributed by atoms with Crippen LogP contribution in [0, 0.1) is 23.5 Å². The van der Waals surface area contributed by atoms with Crippen molar-refractivity contribution in [2.45, 2.75) is 51.2 Å². The number of aliphatic carboxylic acids is 1. The van der Waals surface area contributed by atoms with Crippen molar-refractivity contribution in [3.05, 3.63) is 58.7 Å². The van der Waals surface area contributed by atoms with Gasteiger partial charge in [-0.3, -0.25) is 4.79 Å². The molecule has 2 aliphatic carbocycles. The summed E-state index contributed by atoms with van der Waals surface area (Å²) in [6.07, 6.45) is 3.36. The third-order valence-electron chi connectivity index (χ3n) is 6.73. The Morgan fingerprint density at radius 2 is 1.93 bits per heavy atom. The number of carboxylic acid groups (broad SMARTS) is 1. The molecule has 1 N–H and O–H groups in total. The van der Waals surface area contributed by atoms with Gasteiger partial charge < -0.3 is 14.7 Å². The van der Waals surface area contributed by atoms with Crippen LogP contribution in [-0.2, 0) is 17.8 Å². The Balaban J connectivity index is 1.34. The predicted octanol–water partition coefficient (Wildman–Crippen LogP) is 4.89. The maximum absolute atomic E-state index is 14.6. The molecule has 2 atom stereocenters. The normalized spacial score (nSPS) is 27.2. The molecule has 6 heteroatoms. The second-order valence-corrected chi connectivity index (χ2v) is 9.04. The Kier molecular flexibility index (Phi) is 4.68. The van der Waals surface area contributed by atoms with E-state index < -0.39 is 17.6 Å². The van der Waals surface area contributed by atoms with E-state index in [1.807, 2.05) is 17.0 Å². The molecule has 1 aliphatic heterocycles. The van der Waals surface area contributed by atoms with Gasteiger partial charge in [0.25, 0.3) is 0 Å². The second kappa shape index (κ2) is 7.25. The van der Waals surface area contributed by atoms with Crippen LogP contribution in [0.5, 0.6) is 5.75 Å². The zero-order valence-corrected chi connectivity index (χ0v) is 16.9. The van der Waals surface area contributed by atoms with Gasteiger partial charge in [-0.1, -0.05) is 25.1 Å². The first-order valence-corrected chi connectivity index (χ1v) is 10.6. The molecule has 30 heavy (non-hydrogen) atoms. The number of hydrogen-bond acceptors (Lipinski definition) is 3. The van der Waals surface area contributed by atoms with E-state index in [1.165, 1.54) is 0 Å². The molecule has 2 aromatic rings. The molecule has 0 radical (unpaired) electrons. The highest BCUT2D eigenvalue weighted by atomic mass is 19.2. The van der Waals surface area contributed by atoms with E-state index in [4.69, 9.17) is 9.84 Å². The number of fused-ring (bicyclic) bond motifs is 1. The highest BCUT2D eigenvalue weighted by Crippen LogP contribution is 2.48. The molecule has 0 unspecified atom stereocenters. The summed E-state index contributed by atoms with van der Waals surface area (Å²) in [5, 5.41) is 9.16. The molecule has 0 saturated heterocycles. The number of anilines is 1. The number of nitrogens with zero attached hydrogens (tertiary/aromatic N) is 1. The first-order chi connectivity index (χ1) is 14.4. The standard InChI is InChI=1S/C24H25F2NO3/c1-13-6-17(7-13)30-18-9-21(25)23(26)22(10-18)27-5-4-14-8-15(2-3-16(14)12-27)19-11-20(19)24(28)29/h2-3,8-10,13,17,19-20H,4-7,11-12H2,1H3,(H,28,29)/t13?,17?,19-,20+/m1/s1. The fourth-order valence-electron chi connectivity index (χ4n) is 4.81. The third kappa shape index (κ3) is 3.53. The van der Waals surface area contributed by atoms with E-state index in [9.17, 15) is 13.6 Å². The summed E-state index contributed by atoms with van der Waals surface area (Å²) in [6, 6.07) is 8.82. The van der Waals surface area contributed by atoms with Crippen molar-refractivity contribution in [3.8, 4) is 5.75 Å². The lowest BCUT2D eigenvalue weighted by molar-refractivity contribution is -0.138. The molecule has 0 aromatic heterocycles. The number of ether oxygens (including phenoxy) is 1. The molecule has 1 heterocycles. The van der Waals surface area contributed by atoms with Crippen LogP contribution in [-0.4, -0.2) is 23.7 Å². The van der Waals surface area contributed by atoms with Gasteiger partial charge in [-0.2, -0.15) is 0 Å². The zero-order chi connectivity index (χ0) is 21.0. The molecule has 2 saturated carbocycles. The van der Waals surface area contributed by atoms with E-state index in [2.05, 4.69) is 13.0 Å². The van der Waals surface area contributed by atoms with Crippen molar-refractivity contribution in [1.29, 1.82) is 0 Å². The van der Waals surface area contributed by atoms with Crippen molar-refractivity contribution >= 4 is 11.7 Å². The lowest BCUT2D eigenvalue weighted by Crippen LogP contribution is -2.33. The summed E-state index contributed by atoms with van der Waals surface area (Å²) in [6.45, 7) is 3.21. The van der Waals surface area contributed by atoms with Crippen LogP contribution in [0.25, 0.3) is 0 Å². The van der Waals surface area contributed by atoms with Gasteiger partial charge in [0.15, 0.2) is 11.6 Å². The van der Waals surface area contributed by atoms with E-state index in [0.29, 0.717) is 37.6 Å². The van der Waals surface area contributed by atoms with Crippen LogP contribution in [0.2, 0.25) is 0 Å². The van der Waals surface area contributed by atoms with Gasteiger partial charge in [0, 0.05) is 25.2 Å². The van der Waals surface area contributed by atoms with Crippen molar-refractivity contribution in [2.24, 2.45) is 11.8 Å². The zero-order valence-electron chi connectivity index (χ0n) is 16.9. The Morgan fingerprint density at radius 1 is 1.13 bits per heavy atom. The van der Waals surface area contributed by atoms with E-state index in [0.717, 1.165) is 35.6 Å². The van der Waals surface area contributed by atoms with Crippen LogP contribution in [0.4, 0.5) is 14.5 Å². The number of carboxylic acids is 1. The first-order valence-electron chi connectivity index (χ1n) is 10.6. The maximum Gasteiger partial charge on any atom is 0.307 e. The molecule has 158 valence electrons. The molecule has 2 aromatic carbocycles. The van der Waals surface area contributed by atoms with Gasteiger partial charge in [-0.15, -0.1) is 0 Å². The topological polar surface area (TPSA) is 49.8 Å². The number of benzene rings is 2. The summed E-state index contributed by atoms with van der Waals surface area (Å²) in [7, 11) is 0. The number of rotatable bonds is 5. The average Bonchev–Trinajstić information content (AvgIpc) is 3.50. The summed E-state index contributed by atoms with van der Waals surface area (Å²) >= 11 is 0. The summed E-state index contributed by atoms with van der Waals surface area (Å²) in [5.41, 5.74) is 3.53. The third-order valence-corrected chi connectivity index (χ3v) is 6.73. The minimum absolute atomic E-state index is 0.0790. The summed E-state index contributed by atoms with van der Waals surface area (Å²) < 4.78 is 34.7. The van der Waals surface area contributed by atoms with Crippen LogP contribution in [0.3, 0.4) is 0 Å². The highest BCUT2D eigenvalue weighted by Gasteiger charge is 2.44. The molecule has 0 bridgehead atoms. The largest absolute Gasteiger partial charge is 0.490 e. The smallest absolute Gasteiger partial charge is 0.307 e. The minimum atomic E-state index is -0.885. The van der Waals surface area contributed by atoms with Crippen LogP contribution < -0.4 is 9.64 Å². The quantitative estimate of drug-likeness (QED) is 0.758. The molecular weight excluding hydrogens is 388 g/mol.